The number of nitrogens with one attached hydrogen (secondary N) is 2. The van der Waals surface area contributed by atoms with Gasteiger partial charge in [0, 0.05) is 18.2 Å². The first-order valence-corrected chi connectivity index (χ1v) is 10.3. The van der Waals surface area contributed by atoms with Crippen molar-refractivity contribution in [2.45, 2.75) is 25.1 Å². The van der Waals surface area contributed by atoms with Gasteiger partial charge < -0.3 is 9.84 Å². The Hall–Kier alpha value is -2.39. The maximum absolute atomic E-state index is 12.1. The van der Waals surface area contributed by atoms with Gasteiger partial charge in [0.25, 0.3) is 0 Å². The number of hydrogen-bond acceptors (Lipinski definition) is 8. The fraction of sp³-hybridized carbons (Fsp3) is 0.333. The molecule has 2 N–H and O–H groups in total. The molecular formula is C18H21N5O2S2. The Balaban J connectivity index is 1.49. The van der Waals surface area contributed by atoms with Crippen molar-refractivity contribution in [2.75, 3.05) is 22.9 Å². The molecule has 1 amide bonds. The highest BCUT2D eigenvalue weighted by molar-refractivity contribution is 8.01. The Kier molecular flexibility index (Phi) is 6.46. The van der Waals surface area contributed by atoms with Crippen LogP contribution in [0.15, 0.2) is 39.2 Å². The van der Waals surface area contributed by atoms with Gasteiger partial charge in [-0.3, -0.25) is 10.1 Å². The summed E-state index contributed by atoms with van der Waals surface area (Å²) in [4.78, 5) is 12.1. The second-order valence-electron chi connectivity index (χ2n) is 6.43. The molecule has 7 nitrogen and oxygen atoms in total. The molecule has 1 aromatic carbocycles. The minimum Gasteiger partial charge on any atom is -0.360 e. The molecule has 0 unspecified atom stereocenters. The van der Waals surface area contributed by atoms with Gasteiger partial charge in [-0.2, -0.15) is 0 Å². The highest BCUT2D eigenvalue weighted by Crippen LogP contribution is 2.26. The number of anilines is 2. The van der Waals surface area contributed by atoms with E-state index in [-0.39, 0.29) is 11.7 Å². The van der Waals surface area contributed by atoms with Crippen LogP contribution in [0, 0.1) is 12.8 Å². The van der Waals surface area contributed by atoms with E-state index in [9.17, 15) is 4.79 Å². The molecule has 2 aromatic heterocycles. The molecule has 0 saturated carbocycles. The maximum atomic E-state index is 12.1. The Morgan fingerprint density at radius 1 is 1.26 bits per heavy atom. The molecule has 27 heavy (non-hydrogen) atoms. The zero-order valence-electron chi connectivity index (χ0n) is 15.4. The van der Waals surface area contributed by atoms with Crippen LogP contribution in [0.2, 0.25) is 0 Å². The highest BCUT2D eigenvalue weighted by atomic mass is 32.2. The van der Waals surface area contributed by atoms with Crippen molar-refractivity contribution in [3.8, 4) is 11.3 Å². The summed E-state index contributed by atoms with van der Waals surface area (Å²) in [6.45, 7) is 7.12. The summed E-state index contributed by atoms with van der Waals surface area (Å²) in [5.74, 6) is 0.896. The number of aryl methyl sites for hydroxylation is 1. The van der Waals surface area contributed by atoms with Crippen LogP contribution in [0.5, 0.6) is 0 Å². The van der Waals surface area contributed by atoms with Gasteiger partial charge in [-0.25, -0.2) is 0 Å². The van der Waals surface area contributed by atoms with Crippen LogP contribution in [-0.4, -0.2) is 33.6 Å². The summed E-state index contributed by atoms with van der Waals surface area (Å²) in [7, 11) is 0. The SMILES string of the molecule is Cc1ccc(-c2cc(NC(=O)CSc3nnc(NCC(C)C)s3)on2)cc1. The monoisotopic (exact) mass is 403 g/mol. The van der Waals surface area contributed by atoms with Crippen molar-refractivity contribution in [3.63, 3.8) is 0 Å². The largest absolute Gasteiger partial charge is 0.360 e. The first kappa shape index (κ1) is 19.4. The predicted molar refractivity (Wildman–Crippen MR) is 109 cm³/mol. The predicted octanol–water partition coefficient (Wildman–Crippen LogP) is 4.30. The van der Waals surface area contributed by atoms with Gasteiger partial charge in [0.15, 0.2) is 4.34 Å². The van der Waals surface area contributed by atoms with E-state index in [1.807, 2.05) is 31.2 Å². The van der Waals surface area contributed by atoms with E-state index >= 15 is 0 Å². The van der Waals surface area contributed by atoms with Gasteiger partial charge >= 0.3 is 0 Å². The summed E-state index contributed by atoms with van der Waals surface area (Å²) >= 11 is 2.78. The Morgan fingerprint density at radius 2 is 2.04 bits per heavy atom. The summed E-state index contributed by atoms with van der Waals surface area (Å²) in [5, 5.41) is 18.8. The van der Waals surface area contributed by atoms with Gasteiger partial charge in [0.05, 0.1) is 5.75 Å². The first-order valence-electron chi connectivity index (χ1n) is 8.53. The Labute approximate surface area is 165 Å². The molecule has 0 aliphatic carbocycles. The lowest BCUT2D eigenvalue weighted by atomic mass is 10.1. The average molecular weight is 404 g/mol. The van der Waals surface area contributed by atoms with E-state index in [4.69, 9.17) is 4.52 Å². The van der Waals surface area contributed by atoms with E-state index in [0.717, 1.165) is 21.6 Å². The van der Waals surface area contributed by atoms with Gasteiger partial charge in [-0.1, -0.05) is 71.9 Å². The average Bonchev–Trinajstić information content (AvgIpc) is 3.28. The number of nitrogens with zero attached hydrogens (tertiary/aromatic N) is 3. The van der Waals surface area contributed by atoms with E-state index < -0.39 is 0 Å². The summed E-state index contributed by atoms with van der Waals surface area (Å²) in [5.41, 5.74) is 2.80. The molecule has 0 radical (unpaired) electrons. The third-order valence-electron chi connectivity index (χ3n) is 3.51. The summed E-state index contributed by atoms with van der Waals surface area (Å²) in [6.07, 6.45) is 0. The first-order chi connectivity index (χ1) is 13.0. The van der Waals surface area contributed by atoms with Crippen LogP contribution >= 0.6 is 23.1 Å². The molecule has 0 aliphatic rings. The number of thioether (sulfide) groups is 1. The van der Waals surface area contributed by atoms with Gasteiger partial charge in [0.1, 0.15) is 5.69 Å². The zero-order chi connectivity index (χ0) is 19.2. The summed E-state index contributed by atoms with van der Waals surface area (Å²) in [6, 6.07) is 9.66. The number of carbonyl (C=O) groups is 1. The third kappa shape index (κ3) is 5.80. The Morgan fingerprint density at radius 3 is 2.78 bits per heavy atom. The van der Waals surface area contributed by atoms with Gasteiger partial charge in [0.2, 0.25) is 16.9 Å². The fourth-order valence-electron chi connectivity index (χ4n) is 2.13. The van der Waals surface area contributed by atoms with Gasteiger partial charge in [-0.15, -0.1) is 10.2 Å². The molecule has 0 bridgehead atoms. The smallest absolute Gasteiger partial charge is 0.237 e. The lowest BCUT2D eigenvalue weighted by Crippen LogP contribution is -2.13. The standard InChI is InChI=1S/C18H21N5O2S2/c1-11(2)9-19-17-21-22-18(27-17)26-10-15(24)20-16-8-14(23-25-16)13-6-4-12(3)5-7-13/h4-8,11H,9-10H2,1-3H3,(H,19,21)(H,20,24). The Bertz CT molecular complexity index is 889. The number of rotatable bonds is 8. The molecule has 0 spiro atoms. The second-order valence-corrected chi connectivity index (χ2v) is 8.63. The number of carbonyl (C=O) groups excluding carboxylic acids is 1. The lowest BCUT2D eigenvalue weighted by molar-refractivity contribution is -0.113. The van der Waals surface area contributed by atoms with Crippen molar-refractivity contribution in [3.05, 3.63) is 35.9 Å². The van der Waals surface area contributed by atoms with Crippen LogP contribution < -0.4 is 10.6 Å². The minimum atomic E-state index is -0.182. The van der Waals surface area contributed by atoms with Crippen LogP contribution in [-0.2, 0) is 4.79 Å². The van der Waals surface area contributed by atoms with E-state index in [1.54, 1.807) is 6.07 Å². The van der Waals surface area contributed by atoms with Crippen molar-refractivity contribution in [1.82, 2.24) is 15.4 Å². The number of benzene rings is 1. The van der Waals surface area contributed by atoms with Crippen molar-refractivity contribution in [2.24, 2.45) is 5.92 Å². The molecule has 2 heterocycles. The van der Waals surface area contributed by atoms with Crippen molar-refractivity contribution >= 4 is 40.0 Å². The number of hydrogen-bond donors (Lipinski definition) is 2. The molecule has 0 aliphatic heterocycles. The van der Waals surface area contributed by atoms with E-state index in [0.29, 0.717) is 17.5 Å². The van der Waals surface area contributed by atoms with Crippen molar-refractivity contribution < 1.29 is 9.32 Å². The fourth-order valence-corrected chi connectivity index (χ4v) is 3.69. The summed E-state index contributed by atoms with van der Waals surface area (Å²) < 4.78 is 5.95. The number of amides is 1. The molecule has 0 saturated heterocycles. The molecule has 142 valence electrons. The lowest BCUT2D eigenvalue weighted by Gasteiger charge is -2.03. The van der Waals surface area contributed by atoms with E-state index in [1.165, 1.54) is 28.7 Å². The second kappa shape index (κ2) is 9.01. The van der Waals surface area contributed by atoms with Crippen molar-refractivity contribution in [1.29, 1.82) is 0 Å². The maximum Gasteiger partial charge on any atom is 0.237 e. The zero-order valence-corrected chi connectivity index (χ0v) is 17.0. The highest BCUT2D eigenvalue weighted by Gasteiger charge is 2.12. The normalized spacial score (nSPS) is 11.0. The third-order valence-corrected chi connectivity index (χ3v) is 5.53. The quantitative estimate of drug-likeness (QED) is 0.542. The van der Waals surface area contributed by atoms with Crippen LogP contribution in [0.25, 0.3) is 11.3 Å². The molecule has 3 aromatic rings. The van der Waals surface area contributed by atoms with E-state index in [2.05, 4.69) is 39.8 Å². The number of aromatic nitrogens is 3. The molecule has 3 rings (SSSR count). The van der Waals surface area contributed by atoms with Crippen LogP contribution in [0.4, 0.5) is 11.0 Å². The molecule has 0 fully saturated rings. The molecule has 9 heteroatoms. The topological polar surface area (TPSA) is 92.9 Å². The molecular weight excluding hydrogens is 382 g/mol. The van der Waals surface area contributed by atoms with Crippen LogP contribution in [0.3, 0.4) is 0 Å². The van der Waals surface area contributed by atoms with Gasteiger partial charge in [-0.05, 0) is 12.8 Å². The molecule has 0 atom stereocenters. The minimum absolute atomic E-state index is 0.182. The van der Waals surface area contributed by atoms with Crippen LogP contribution in [0.1, 0.15) is 19.4 Å².